The molecule has 1 aliphatic rings. The lowest BCUT2D eigenvalue weighted by molar-refractivity contribution is -0.150. The third-order valence-electron chi connectivity index (χ3n) is 3.25. The molecule has 0 spiro atoms. The number of amides is 2. The first-order chi connectivity index (χ1) is 9.70. The second kappa shape index (κ2) is 5.27. The van der Waals surface area contributed by atoms with Crippen LogP contribution >= 0.6 is 0 Å². The van der Waals surface area contributed by atoms with Gasteiger partial charge in [-0.25, -0.2) is 9.59 Å². The summed E-state index contributed by atoms with van der Waals surface area (Å²) in [5, 5.41) is 2.78. The van der Waals surface area contributed by atoms with Crippen molar-refractivity contribution in [3.05, 3.63) is 35.4 Å². The zero-order valence-electron chi connectivity index (χ0n) is 12.9. The van der Waals surface area contributed by atoms with Crippen molar-refractivity contribution in [3.63, 3.8) is 0 Å². The SMILES string of the molecule is CC1=C(C(=O)OC(C)(C)C)C(c2ccoc2)NC(=O)N1C. The van der Waals surface area contributed by atoms with E-state index < -0.39 is 17.6 Å². The van der Waals surface area contributed by atoms with Crippen LogP contribution in [0.25, 0.3) is 0 Å². The maximum atomic E-state index is 12.5. The fourth-order valence-corrected chi connectivity index (χ4v) is 2.12. The van der Waals surface area contributed by atoms with Crippen molar-refractivity contribution in [1.82, 2.24) is 10.2 Å². The lowest BCUT2D eigenvalue weighted by atomic mass is 9.97. The third kappa shape index (κ3) is 3.09. The maximum Gasteiger partial charge on any atom is 0.338 e. The van der Waals surface area contributed by atoms with Crippen molar-refractivity contribution in [2.75, 3.05) is 7.05 Å². The molecule has 1 aromatic rings. The van der Waals surface area contributed by atoms with Gasteiger partial charge in [0.05, 0.1) is 24.1 Å². The topological polar surface area (TPSA) is 71.8 Å². The number of rotatable bonds is 2. The Morgan fingerprint density at radius 1 is 1.43 bits per heavy atom. The number of carbonyl (C=O) groups excluding carboxylic acids is 2. The molecule has 21 heavy (non-hydrogen) atoms. The number of furan rings is 1. The van der Waals surface area contributed by atoms with Crippen LogP contribution in [-0.4, -0.2) is 29.5 Å². The average Bonchev–Trinajstić information content (AvgIpc) is 2.86. The van der Waals surface area contributed by atoms with E-state index in [4.69, 9.17) is 9.15 Å². The summed E-state index contributed by atoms with van der Waals surface area (Å²) in [5.74, 6) is -0.446. The molecule has 1 atom stereocenters. The van der Waals surface area contributed by atoms with Gasteiger partial charge in [-0.1, -0.05) is 0 Å². The highest BCUT2D eigenvalue weighted by atomic mass is 16.6. The minimum absolute atomic E-state index is 0.272. The molecule has 2 rings (SSSR count). The number of ether oxygens (including phenoxy) is 1. The van der Waals surface area contributed by atoms with Gasteiger partial charge in [0.2, 0.25) is 0 Å². The zero-order chi connectivity index (χ0) is 15.8. The summed E-state index contributed by atoms with van der Waals surface area (Å²) < 4.78 is 10.5. The fraction of sp³-hybridized carbons (Fsp3) is 0.467. The third-order valence-corrected chi connectivity index (χ3v) is 3.25. The first kappa shape index (κ1) is 15.2. The van der Waals surface area contributed by atoms with Gasteiger partial charge < -0.3 is 19.4 Å². The largest absolute Gasteiger partial charge is 0.472 e. The van der Waals surface area contributed by atoms with Crippen LogP contribution in [0.5, 0.6) is 0 Å². The first-order valence-corrected chi connectivity index (χ1v) is 6.71. The Kier molecular flexibility index (Phi) is 3.80. The van der Waals surface area contributed by atoms with Gasteiger partial charge in [0.1, 0.15) is 5.60 Å². The number of nitrogens with zero attached hydrogens (tertiary/aromatic N) is 1. The van der Waals surface area contributed by atoms with Crippen LogP contribution < -0.4 is 5.32 Å². The summed E-state index contributed by atoms with van der Waals surface area (Å²) in [6.45, 7) is 7.14. The van der Waals surface area contributed by atoms with E-state index in [9.17, 15) is 9.59 Å². The highest BCUT2D eigenvalue weighted by molar-refractivity contribution is 5.95. The standard InChI is InChI=1S/C15H20N2O4/c1-9-11(13(18)21-15(2,3)4)12(10-6-7-20-8-10)16-14(19)17(9)5/h6-8,12H,1-5H3,(H,16,19). The lowest BCUT2D eigenvalue weighted by Crippen LogP contribution is -2.46. The highest BCUT2D eigenvalue weighted by Gasteiger charge is 2.36. The van der Waals surface area contributed by atoms with Crippen molar-refractivity contribution in [3.8, 4) is 0 Å². The molecular formula is C15H20N2O4. The molecule has 1 aliphatic heterocycles. The molecule has 0 bridgehead atoms. The minimum Gasteiger partial charge on any atom is -0.472 e. The van der Waals surface area contributed by atoms with Gasteiger partial charge in [0, 0.05) is 18.3 Å². The Morgan fingerprint density at radius 3 is 2.62 bits per heavy atom. The normalized spacial score (nSPS) is 19.6. The molecule has 6 heteroatoms. The van der Waals surface area contributed by atoms with Gasteiger partial charge in [-0.15, -0.1) is 0 Å². The van der Waals surface area contributed by atoms with Crippen LogP contribution in [-0.2, 0) is 9.53 Å². The fourth-order valence-electron chi connectivity index (χ4n) is 2.12. The molecule has 0 aromatic carbocycles. The number of nitrogens with one attached hydrogen (secondary N) is 1. The Labute approximate surface area is 123 Å². The Hall–Kier alpha value is -2.24. The molecule has 1 N–H and O–H groups in total. The zero-order valence-corrected chi connectivity index (χ0v) is 12.9. The second-order valence-corrected chi connectivity index (χ2v) is 6.00. The van der Waals surface area contributed by atoms with E-state index in [1.807, 2.05) is 0 Å². The van der Waals surface area contributed by atoms with Crippen LogP contribution in [0.15, 0.2) is 34.3 Å². The van der Waals surface area contributed by atoms with Crippen molar-refractivity contribution in [1.29, 1.82) is 0 Å². The van der Waals surface area contributed by atoms with E-state index in [2.05, 4.69) is 5.32 Å². The molecule has 6 nitrogen and oxygen atoms in total. The number of urea groups is 1. The second-order valence-electron chi connectivity index (χ2n) is 6.00. The van der Waals surface area contributed by atoms with Crippen molar-refractivity contribution in [2.24, 2.45) is 0 Å². The van der Waals surface area contributed by atoms with E-state index in [0.717, 1.165) is 0 Å². The molecule has 0 saturated carbocycles. The molecule has 1 unspecified atom stereocenters. The smallest absolute Gasteiger partial charge is 0.338 e. The van der Waals surface area contributed by atoms with Crippen LogP contribution in [0.1, 0.15) is 39.3 Å². The summed E-state index contributed by atoms with van der Waals surface area (Å²) >= 11 is 0. The van der Waals surface area contributed by atoms with Crippen LogP contribution in [0.4, 0.5) is 4.79 Å². The van der Waals surface area contributed by atoms with Gasteiger partial charge in [0.25, 0.3) is 0 Å². The summed E-state index contributed by atoms with van der Waals surface area (Å²) in [5.41, 5.74) is 1.08. The number of allylic oxidation sites excluding steroid dienone is 1. The predicted molar refractivity (Wildman–Crippen MR) is 76.3 cm³/mol. The molecule has 0 radical (unpaired) electrons. The molecule has 0 saturated heterocycles. The molecule has 2 amide bonds. The van der Waals surface area contributed by atoms with E-state index in [0.29, 0.717) is 16.8 Å². The van der Waals surface area contributed by atoms with Crippen molar-refractivity contribution < 1.29 is 18.7 Å². The van der Waals surface area contributed by atoms with Gasteiger partial charge >= 0.3 is 12.0 Å². The van der Waals surface area contributed by atoms with Crippen molar-refractivity contribution in [2.45, 2.75) is 39.3 Å². The Bertz CT molecular complexity index is 581. The number of hydrogen-bond donors (Lipinski definition) is 1. The van der Waals surface area contributed by atoms with E-state index in [1.54, 1.807) is 40.8 Å². The molecule has 0 fully saturated rings. The molecule has 0 aliphatic carbocycles. The van der Waals surface area contributed by atoms with E-state index in [-0.39, 0.29) is 6.03 Å². The number of esters is 1. The Balaban J connectivity index is 2.44. The van der Waals surface area contributed by atoms with Crippen LogP contribution in [0.3, 0.4) is 0 Å². The maximum absolute atomic E-state index is 12.5. The van der Waals surface area contributed by atoms with Gasteiger partial charge in [-0.05, 0) is 33.8 Å². The van der Waals surface area contributed by atoms with Gasteiger partial charge in [-0.2, -0.15) is 0 Å². The van der Waals surface area contributed by atoms with E-state index in [1.165, 1.54) is 17.4 Å². The number of carbonyl (C=O) groups is 2. The summed E-state index contributed by atoms with van der Waals surface area (Å²) in [7, 11) is 1.61. The van der Waals surface area contributed by atoms with Crippen molar-refractivity contribution >= 4 is 12.0 Å². The minimum atomic E-state index is -0.606. The predicted octanol–water partition coefficient (Wildman–Crippen LogP) is 2.59. The summed E-state index contributed by atoms with van der Waals surface area (Å²) in [4.78, 5) is 25.9. The Morgan fingerprint density at radius 2 is 2.10 bits per heavy atom. The number of hydrogen-bond acceptors (Lipinski definition) is 4. The monoisotopic (exact) mass is 292 g/mol. The van der Waals surface area contributed by atoms with E-state index >= 15 is 0 Å². The van der Waals surface area contributed by atoms with Gasteiger partial charge in [-0.3, -0.25) is 0 Å². The first-order valence-electron chi connectivity index (χ1n) is 6.71. The average molecular weight is 292 g/mol. The van der Waals surface area contributed by atoms with Crippen LogP contribution in [0.2, 0.25) is 0 Å². The van der Waals surface area contributed by atoms with Crippen LogP contribution in [0, 0.1) is 0 Å². The highest BCUT2D eigenvalue weighted by Crippen LogP contribution is 2.31. The molecule has 114 valence electrons. The molecule has 1 aromatic heterocycles. The molecule has 2 heterocycles. The quantitative estimate of drug-likeness (QED) is 0.850. The summed E-state index contributed by atoms with van der Waals surface area (Å²) in [6.07, 6.45) is 3.01. The lowest BCUT2D eigenvalue weighted by Gasteiger charge is -2.33. The summed E-state index contributed by atoms with van der Waals surface area (Å²) in [6, 6.07) is 0.877. The molecular weight excluding hydrogens is 272 g/mol. The van der Waals surface area contributed by atoms with Gasteiger partial charge in [0.15, 0.2) is 0 Å².